The first-order valence-electron chi connectivity index (χ1n) is 7.08. The van der Waals surface area contributed by atoms with Crippen LogP contribution in [0.3, 0.4) is 0 Å². The molecular formula is C15H23NO3. The lowest BCUT2D eigenvalue weighted by molar-refractivity contribution is -0.143. The van der Waals surface area contributed by atoms with E-state index in [1.807, 2.05) is 18.7 Å². The second-order valence-corrected chi connectivity index (χ2v) is 5.84. The minimum Gasteiger partial charge on any atom is -0.469 e. The molecule has 4 nitrogen and oxygen atoms in total. The van der Waals surface area contributed by atoms with Crippen molar-refractivity contribution < 1.29 is 14.3 Å². The lowest BCUT2D eigenvalue weighted by atomic mass is 9.91. The molecule has 3 atom stereocenters. The molecule has 0 unspecified atom stereocenters. The SMILES string of the molecule is COC(=O)CCN(C(=O)[C@H]1C[C@@H]2C=C[C@@H]1C2)C(C)C. The Bertz CT molecular complexity index is 389. The van der Waals surface area contributed by atoms with Crippen molar-refractivity contribution >= 4 is 11.9 Å². The smallest absolute Gasteiger partial charge is 0.307 e. The van der Waals surface area contributed by atoms with E-state index < -0.39 is 0 Å². The van der Waals surface area contributed by atoms with Crippen molar-refractivity contribution in [2.24, 2.45) is 17.8 Å². The first-order valence-corrected chi connectivity index (χ1v) is 7.08. The van der Waals surface area contributed by atoms with Crippen molar-refractivity contribution in [3.8, 4) is 0 Å². The van der Waals surface area contributed by atoms with E-state index in [9.17, 15) is 9.59 Å². The Morgan fingerprint density at radius 2 is 2.05 bits per heavy atom. The van der Waals surface area contributed by atoms with E-state index in [1.165, 1.54) is 7.11 Å². The molecule has 0 radical (unpaired) electrons. The quantitative estimate of drug-likeness (QED) is 0.564. The molecule has 106 valence electrons. The maximum Gasteiger partial charge on any atom is 0.307 e. The topological polar surface area (TPSA) is 46.6 Å². The van der Waals surface area contributed by atoms with Gasteiger partial charge in [-0.15, -0.1) is 0 Å². The van der Waals surface area contributed by atoms with Crippen LogP contribution in [0.25, 0.3) is 0 Å². The molecule has 2 aliphatic rings. The summed E-state index contributed by atoms with van der Waals surface area (Å²) in [5.74, 6) is 1.07. The highest BCUT2D eigenvalue weighted by molar-refractivity contribution is 5.81. The number of nitrogens with zero attached hydrogens (tertiary/aromatic N) is 1. The molecule has 4 heteroatoms. The fraction of sp³-hybridized carbons (Fsp3) is 0.733. The molecule has 0 aliphatic heterocycles. The molecule has 0 saturated heterocycles. The molecule has 2 bridgehead atoms. The van der Waals surface area contributed by atoms with Crippen LogP contribution in [0.4, 0.5) is 0 Å². The third-order valence-corrected chi connectivity index (χ3v) is 4.29. The van der Waals surface area contributed by atoms with E-state index in [1.54, 1.807) is 0 Å². The summed E-state index contributed by atoms with van der Waals surface area (Å²) in [4.78, 5) is 25.7. The zero-order valence-corrected chi connectivity index (χ0v) is 12.0. The number of fused-ring (bicyclic) bond motifs is 2. The second-order valence-electron chi connectivity index (χ2n) is 5.84. The number of rotatable bonds is 5. The Kier molecular flexibility index (Phi) is 4.27. The summed E-state index contributed by atoms with van der Waals surface area (Å²) < 4.78 is 4.65. The minimum atomic E-state index is -0.258. The van der Waals surface area contributed by atoms with Crippen molar-refractivity contribution in [2.45, 2.75) is 39.2 Å². The van der Waals surface area contributed by atoms with E-state index in [0.717, 1.165) is 12.8 Å². The normalized spacial score (nSPS) is 27.9. The molecule has 2 rings (SSSR count). The summed E-state index contributed by atoms with van der Waals surface area (Å²) in [5.41, 5.74) is 0. The minimum absolute atomic E-state index is 0.120. The molecule has 2 aliphatic carbocycles. The van der Waals surface area contributed by atoms with Crippen LogP contribution in [0.1, 0.15) is 33.1 Å². The lowest BCUT2D eigenvalue weighted by Crippen LogP contribution is -2.43. The first kappa shape index (κ1) is 14.1. The van der Waals surface area contributed by atoms with Crippen LogP contribution in [0.15, 0.2) is 12.2 Å². The number of ether oxygens (including phenoxy) is 1. The summed E-state index contributed by atoms with van der Waals surface area (Å²) in [7, 11) is 1.38. The summed E-state index contributed by atoms with van der Waals surface area (Å²) in [5, 5.41) is 0. The number of esters is 1. The van der Waals surface area contributed by atoms with Gasteiger partial charge >= 0.3 is 5.97 Å². The van der Waals surface area contributed by atoms with Gasteiger partial charge in [0.25, 0.3) is 0 Å². The van der Waals surface area contributed by atoms with E-state index in [2.05, 4.69) is 16.9 Å². The third-order valence-electron chi connectivity index (χ3n) is 4.29. The Labute approximate surface area is 114 Å². The second kappa shape index (κ2) is 5.76. The van der Waals surface area contributed by atoms with Crippen LogP contribution in [0.5, 0.6) is 0 Å². The lowest BCUT2D eigenvalue weighted by Gasteiger charge is -2.31. The number of hydrogen-bond acceptors (Lipinski definition) is 3. The summed E-state index contributed by atoms with van der Waals surface area (Å²) >= 11 is 0. The van der Waals surface area contributed by atoms with E-state index >= 15 is 0 Å². The van der Waals surface area contributed by atoms with Gasteiger partial charge in [0.05, 0.1) is 13.5 Å². The molecule has 0 aromatic carbocycles. The number of methoxy groups -OCH3 is 1. The number of carbonyl (C=O) groups excluding carboxylic acids is 2. The standard InChI is InChI=1S/C15H23NO3/c1-10(2)16(7-6-14(17)19-3)15(18)13-9-11-4-5-12(13)8-11/h4-5,10-13H,6-9H2,1-3H3/t11-,12-,13+/m1/s1. The van der Waals surface area contributed by atoms with Gasteiger partial charge < -0.3 is 9.64 Å². The molecule has 0 heterocycles. The highest BCUT2D eigenvalue weighted by Gasteiger charge is 2.41. The van der Waals surface area contributed by atoms with Crippen molar-refractivity contribution in [2.75, 3.05) is 13.7 Å². The van der Waals surface area contributed by atoms with Gasteiger partial charge in [-0.25, -0.2) is 0 Å². The zero-order chi connectivity index (χ0) is 14.0. The molecule has 1 amide bonds. The fourth-order valence-electron chi connectivity index (χ4n) is 3.21. The van der Waals surface area contributed by atoms with Gasteiger partial charge in [0.1, 0.15) is 0 Å². The van der Waals surface area contributed by atoms with Crippen LogP contribution in [-0.2, 0) is 14.3 Å². The van der Waals surface area contributed by atoms with Gasteiger partial charge in [-0.2, -0.15) is 0 Å². The van der Waals surface area contributed by atoms with Gasteiger partial charge in [-0.3, -0.25) is 9.59 Å². The number of amides is 1. The van der Waals surface area contributed by atoms with Crippen LogP contribution in [0.2, 0.25) is 0 Å². The van der Waals surface area contributed by atoms with Crippen LogP contribution in [0, 0.1) is 17.8 Å². The van der Waals surface area contributed by atoms with Crippen molar-refractivity contribution in [3.05, 3.63) is 12.2 Å². The average Bonchev–Trinajstić information content (AvgIpc) is 3.00. The predicted molar refractivity (Wildman–Crippen MR) is 72.3 cm³/mol. The Hall–Kier alpha value is -1.32. The largest absolute Gasteiger partial charge is 0.469 e. The van der Waals surface area contributed by atoms with E-state index in [0.29, 0.717) is 18.4 Å². The monoisotopic (exact) mass is 265 g/mol. The highest BCUT2D eigenvalue weighted by atomic mass is 16.5. The molecule has 0 N–H and O–H groups in total. The molecule has 0 aromatic rings. The van der Waals surface area contributed by atoms with Gasteiger partial charge in [0.2, 0.25) is 5.91 Å². The van der Waals surface area contributed by atoms with Crippen molar-refractivity contribution in [1.82, 2.24) is 4.90 Å². The maximum atomic E-state index is 12.6. The van der Waals surface area contributed by atoms with E-state index in [4.69, 9.17) is 0 Å². The molecule has 0 spiro atoms. The number of allylic oxidation sites excluding steroid dienone is 2. The Morgan fingerprint density at radius 1 is 1.32 bits per heavy atom. The first-order chi connectivity index (χ1) is 9.02. The van der Waals surface area contributed by atoms with Crippen molar-refractivity contribution in [3.63, 3.8) is 0 Å². The van der Waals surface area contributed by atoms with Gasteiger partial charge in [0.15, 0.2) is 0 Å². The number of hydrogen-bond donors (Lipinski definition) is 0. The molecular weight excluding hydrogens is 242 g/mol. The fourth-order valence-corrected chi connectivity index (χ4v) is 3.21. The average molecular weight is 265 g/mol. The van der Waals surface area contributed by atoms with Crippen LogP contribution < -0.4 is 0 Å². The molecule has 19 heavy (non-hydrogen) atoms. The maximum absolute atomic E-state index is 12.6. The Morgan fingerprint density at radius 3 is 2.53 bits per heavy atom. The van der Waals surface area contributed by atoms with Gasteiger partial charge in [0, 0.05) is 18.5 Å². The number of carbonyl (C=O) groups is 2. The predicted octanol–water partition coefficient (Wildman–Crippen LogP) is 2.00. The summed E-state index contributed by atoms with van der Waals surface area (Å²) in [6.45, 7) is 4.46. The van der Waals surface area contributed by atoms with Gasteiger partial charge in [-0.05, 0) is 38.5 Å². The van der Waals surface area contributed by atoms with Crippen LogP contribution in [-0.4, -0.2) is 36.5 Å². The molecule has 1 fully saturated rings. The zero-order valence-electron chi connectivity index (χ0n) is 12.0. The van der Waals surface area contributed by atoms with Crippen molar-refractivity contribution in [1.29, 1.82) is 0 Å². The van der Waals surface area contributed by atoms with Crippen LogP contribution >= 0.6 is 0 Å². The van der Waals surface area contributed by atoms with Gasteiger partial charge in [-0.1, -0.05) is 12.2 Å². The molecule has 1 saturated carbocycles. The van der Waals surface area contributed by atoms with E-state index in [-0.39, 0.29) is 30.3 Å². The summed E-state index contributed by atoms with van der Waals surface area (Å²) in [6, 6.07) is 0.125. The third kappa shape index (κ3) is 2.99. The Balaban J connectivity index is 1.97. The highest BCUT2D eigenvalue weighted by Crippen LogP contribution is 2.44. The molecule has 0 aromatic heterocycles. The summed E-state index contributed by atoms with van der Waals surface area (Å²) in [6.07, 6.45) is 6.80.